The third-order valence-corrected chi connectivity index (χ3v) is 5.10. The lowest BCUT2D eigenvalue weighted by molar-refractivity contribution is -0.138. The number of amides is 1. The second-order valence-corrected chi connectivity index (χ2v) is 7.40. The normalized spacial score (nSPS) is 16.5. The van der Waals surface area contributed by atoms with E-state index < -0.39 is 41.3 Å². The number of ether oxygens (including phenoxy) is 1. The van der Waals surface area contributed by atoms with Gasteiger partial charge < -0.3 is 9.64 Å². The summed E-state index contributed by atoms with van der Waals surface area (Å²) >= 11 is 0. The standard InChI is InChI=1S/C22H17F5N4O2/c23-14-4-5-16(17(10-14)19-28-6-2-7-29-19)21(32)31-8-1-3-15(12-31)33-20-18(24)9-13(11-30-20)22(25,26)27/h2,4-7,9-11,15H,1,3,8,12H2. The fraction of sp³-hybridized carbons (Fsp3) is 0.273. The van der Waals surface area contributed by atoms with Crippen LogP contribution >= 0.6 is 0 Å². The zero-order chi connectivity index (χ0) is 23.6. The van der Waals surface area contributed by atoms with E-state index in [-0.39, 0.29) is 23.5 Å². The van der Waals surface area contributed by atoms with E-state index >= 15 is 0 Å². The summed E-state index contributed by atoms with van der Waals surface area (Å²) < 4.78 is 71.6. The van der Waals surface area contributed by atoms with Crippen molar-refractivity contribution in [1.29, 1.82) is 0 Å². The summed E-state index contributed by atoms with van der Waals surface area (Å²) in [4.78, 5) is 26.3. The van der Waals surface area contributed by atoms with E-state index in [2.05, 4.69) is 15.0 Å². The molecular formula is C22H17F5N4O2. The number of carbonyl (C=O) groups is 1. The van der Waals surface area contributed by atoms with Gasteiger partial charge in [-0.2, -0.15) is 13.2 Å². The monoisotopic (exact) mass is 464 g/mol. The van der Waals surface area contributed by atoms with Crippen molar-refractivity contribution in [2.45, 2.75) is 25.1 Å². The highest BCUT2D eigenvalue weighted by Crippen LogP contribution is 2.31. The lowest BCUT2D eigenvalue weighted by atomic mass is 10.0. The molecule has 0 spiro atoms. The van der Waals surface area contributed by atoms with Crippen molar-refractivity contribution in [3.8, 4) is 17.3 Å². The van der Waals surface area contributed by atoms with Crippen LogP contribution in [0.3, 0.4) is 0 Å². The van der Waals surface area contributed by atoms with Crippen LogP contribution in [0.4, 0.5) is 22.0 Å². The molecule has 0 N–H and O–H groups in total. The Morgan fingerprint density at radius 1 is 1.09 bits per heavy atom. The Hall–Kier alpha value is -3.63. The molecule has 4 rings (SSSR count). The molecule has 2 aromatic heterocycles. The first kappa shape index (κ1) is 22.6. The topological polar surface area (TPSA) is 68.2 Å². The first-order chi connectivity index (χ1) is 15.7. The van der Waals surface area contributed by atoms with Crippen molar-refractivity contribution in [1.82, 2.24) is 19.9 Å². The number of piperidine rings is 1. The molecule has 6 nitrogen and oxygen atoms in total. The van der Waals surface area contributed by atoms with E-state index in [0.29, 0.717) is 31.6 Å². The summed E-state index contributed by atoms with van der Waals surface area (Å²) in [5, 5.41) is 0. The number of aromatic nitrogens is 3. The molecule has 1 atom stereocenters. The van der Waals surface area contributed by atoms with Gasteiger partial charge >= 0.3 is 6.18 Å². The van der Waals surface area contributed by atoms with Crippen molar-refractivity contribution in [3.63, 3.8) is 0 Å². The summed E-state index contributed by atoms with van der Waals surface area (Å²) in [6, 6.07) is 5.57. The molecule has 172 valence electrons. The van der Waals surface area contributed by atoms with Crippen molar-refractivity contribution < 1.29 is 31.5 Å². The van der Waals surface area contributed by atoms with Crippen molar-refractivity contribution in [3.05, 3.63) is 71.7 Å². The third-order valence-electron chi connectivity index (χ3n) is 5.10. The van der Waals surface area contributed by atoms with Gasteiger partial charge in [-0.1, -0.05) is 0 Å². The number of likely N-dealkylation sites (tertiary alicyclic amines) is 1. The zero-order valence-corrected chi connectivity index (χ0v) is 17.0. The van der Waals surface area contributed by atoms with Crippen LogP contribution in [0.2, 0.25) is 0 Å². The third kappa shape index (κ3) is 5.07. The number of alkyl halides is 3. The maximum absolute atomic E-state index is 14.1. The lowest BCUT2D eigenvalue weighted by Gasteiger charge is -2.33. The molecule has 1 unspecified atom stereocenters. The maximum Gasteiger partial charge on any atom is 0.417 e. The van der Waals surface area contributed by atoms with Crippen molar-refractivity contribution in [2.75, 3.05) is 13.1 Å². The van der Waals surface area contributed by atoms with Crippen LogP contribution in [0, 0.1) is 11.6 Å². The van der Waals surface area contributed by atoms with E-state index in [1.54, 1.807) is 6.07 Å². The zero-order valence-electron chi connectivity index (χ0n) is 17.0. The van der Waals surface area contributed by atoms with Crippen molar-refractivity contribution in [2.24, 2.45) is 0 Å². The number of carbonyl (C=O) groups excluding carboxylic acids is 1. The molecule has 33 heavy (non-hydrogen) atoms. The highest BCUT2D eigenvalue weighted by molar-refractivity contribution is 6.00. The van der Waals surface area contributed by atoms with E-state index in [9.17, 15) is 26.7 Å². The van der Waals surface area contributed by atoms with Gasteiger partial charge in [-0.3, -0.25) is 4.79 Å². The fourth-order valence-electron chi connectivity index (χ4n) is 3.54. The smallest absolute Gasteiger partial charge is 0.417 e. The van der Waals surface area contributed by atoms with Crippen LogP contribution in [-0.2, 0) is 6.18 Å². The predicted octanol–water partition coefficient (Wildman–Crippen LogP) is 4.52. The first-order valence-electron chi connectivity index (χ1n) is 9.98. The van der Waals surface area contributed by atoms with Gasteiger partial charge in [-0.25, -0.2) is 23.7 Å². The Labute approximate surface area is 185 Å². The highest BCUT2D eigenvalue weighted by Gasteiger charge is 2.33. The molecule has 1 aromatic carbocycles. The molecule has 3 aromatic rings. The molecule has 1 amide bonds. The van der Waals surface area contributed by atoms with Gasteiger partial charge in [0.05, 0.1) is 17.7 Å². The molecule has 0 saturated carbocycles. The minimum absolute atomic E-state index is 0.0490. The van der Waals surface area contributed by atoms with Crippen LogP contribution in [-0.4, -0.2) is 45.0 Å². The van der Waals surface area contributed by atoms with Gasteiger partial charge in [0.25, 0.3) is 11.8 Å². The van der Waals surface area contributed by atoms with Gasteiger partial charge in [-0.15, -0.1) is 0 Å². The summed E-state index contributed by atoms with van der Waals surface area (Å²) in [5.74, 6) is -2.61. The SMILES string of the molecule is O=C(c1ccc(F)cc1-c1ncccn1)N1CCCC(Oc2ncc(C(F)(F)F)cc2F)C1. The average molecular weight is 464 g/mol. The minimum Gasteiger partial charge on any atom is -0.470 e. The number of hydrogen-bond acceptors (Lipinski definition) is 5. The number of hydrogen-bond donors (Lipinski definition) is 0. The Kier molecular flexibility index (Phi) is 6.21. The minimum atomic E-state index is -4.73. The van der Waals surface area contributed by atoms with Gasteiger partial charge in [-0.05, 0) is 43.2 Å². The van der Waals surface area contributed by atoms with E-state index in [0.717, 1.165) is 6.07 Å². The second kappa shape index (κ2) is 9.08. The fourth-order valence-corrected chi connectivity index (χ4v) is 3.54. The summed E-state index contributed by atoms with van der Waals surface area (Å²) in [6.07, 6.45) is -1.01. The maximum atomic E-state index is 14.1. The van der Waals surface area contributed by atoms with Gasteiger partial charge in [0.1, 0.15) is 11.9 Å². The number of pyridine rings is 1. The van der Waals surface area contributed by atoms with Gasteiger partial charge in [0.2, 0.25) is 0 Å². The van der Waals surface area contributed by atoms with Gasteiger partial charge in [0, 0.05) is 30.7 Å². The molecule has 0 aliphatic carbocycles. The average Bonchev–Trinajstić information content (AvgIpc) is 2.80. The first-order valence-corrected chi connectivity index (χ1v) is 9.98. The van der Waals surface area contributed by atoms with Crippen LogP contribution in [0.25, 0.3) is 11.4 Å². The quantitative estimate of drug-likeness (QED) is 0.532. The number of nitrogens with zero attached hydrogens (tertiary/aromatic N) is 4. The molecule has 0 radical (unpaired) electrons. The molecule has 1 aliphatic heterocycles. The van der Waals surface area contributed by atoms with E-state index in [1.165, 1.54) is 29.4 Å². The number of benzene rings is 1. The van der Waals surface area contributed by atoms with E-state index in [1.807, 2.05) is 0 Å². The van der Waals surface area contributed by atoms with Crippen LogP contribution < -0.4 is 4.74 Å². The second-order valence-electron chi connectivity index (χ2n) is 7.40. The molecule has 11 heteroatoms. The molecule has 0 bridgehead atoms. The Balaban J connectivity index is 1.52. The largest absolute Gasteiger partial charge is 0.470 e. The Bertz CT molecular complexity index is 1160. The lowest BCUT2D eigenvalue weighted by Crippen LogP contribution is -2.44. The van der Waals surface area contributed by atoms with Crippen LogP contribution in [0.1, 0.15) is 28.8 Å². The molecule has 1 saturated heterocycles. The summed E-state index contributed by atoms with van der Waals surface area (Å²) in [5.41, 5.74) is -0.819. The summed E-state index contributed by atoms with van der Waals surface area (Å²) in [6.45, 7) is 0.418. The van der Waals surface area contributed by atoms with Crippen LogP contribution in [0.15, 0.2) is 48.9 Å². The van der Waals surface area contributed by atoms with E-state index in [4.69, 9.17) is 4.74 Å². The Morgan fingerprint density at radius 2 is 1.85 bits per heavy atom. The Morgan fingerprint density at radius 3 is 2.55 bits per heavy atom. The molecule has 1 aliphatic rings. The van der Waals surface area contributed by atoms with Crippen LogP contribution in [0.5, 0.6) is 5.88 Å². The highest BCUT2D eigenvalue weighted by atomic mass is 19.4. The molecule has 1 fully saturated rings. The molecular weight excluding hydrogens is 447 g/mol. The number of halogens is 5. The predicted molar refractivity (Wildman–Crippen MR) is 106 cm³/mol. The molecule has 3 heterocycles. The number of rotatable bonds is 4. The summed E-state index contributed by atoms with van der Waals surface area (Å²) in [7, 11) is 0. The van der Waals surface area contributed by atoms with Crippen molar-refractivity contribution >= 4 is 5.91 Å². The van der Waals surface area contributed by atoms with Gasteiger partial charge in [0.15, 0.2) is 11.6 Å².